The van der Waals surface area contributed by atoms with E-state index in [-0.39, 0.29) is 5.82 Å². The Hall–Kier alpha value is -3.64. The van der Waals surface area contributed by atoms with E-state index in [1.807, 2.05) is 19.1 Å². The molecule has 4 rings (SSSR count). The molecule has 0 spiro atoms. The van der Waals surface area contributed by atoms with Gasteiger partial charge in [0.2, 0.25) is 11.8 Å². The standard InChI is InChI=1S/C22H23FN6O4S/c1-12-8-9-17(33-12)21-26-27-22(29(21)18-15(31-3)6-5-7-16(18)32-4)28-34-13(2)19(30)20-24-10-14(23)11-25-20/h5-11,13,19,30H,1-4H3,(H,27,28). The first kappa shape index (κ1) is 23.5. The zero-order valence-electron chi connectivity index (χ0n) is 18.9. The zero-order valence-corrected chi connectivity index (χ0v) is 19.7. The first-order valence-electron chi connectivity index (χ1n) is 10.2. The number of para-hydroxylation sites is 1. The number of benzene rings is 1. The number of aryl methyl sites for hydroxylation is 1. The SMILES string of the molecule is COc1cccc(OC)c1-n1c(NSC(C)C(O)c2ncc(F)cn2)nnc1-c1ccc(C)o1. The summed E-state index contributed by atoms with van der Waals surface area (Å²) in [7, 11) is 3.12. The average molecular weight is 487 g/mol. The summed E-state index contributed by atoms with van der Waals surface area (Å²) < 4.78 is 34.9. The fourth-order valence-corrected chi connectivity index (χ4v) is 3.90. The highest BCUT2D eigenvalue weighted by Gasteiger charge is 2.26. The Morgan fingerprint density at radius 3 is 2.35 bits per heavy atom. The second-order valence-corrected chi connectivity index (χ2v) is 8.42. The second-order valence-electron chi connectivity index (χ2n) is 7.23. The monoisotopic (exact) mass is 486 g/mol. The topological polar surface area (TPSA) is 120 Å². The second kappa shape index (κ2) is 10.1. The van der Waals surface area contributed by atoms with E-state index in [1.54, 1.807) is 43.9 Å². The Labute approximate surface area is 199 Å². The van der Waals surface area contributed by atoms with Crippen LogP contribution in [0.5, 0.6) is 11.5 Å². The largest absolute Gasteiger partial charge is 0.494 e. The Morgan fingerprint density at radius 1 is 1.09 bits per heavy atom. The van der Waals surface area contributed by atoms with Crippen LogP contribution in [-0.4, -0.2) is 49.3 Å². The van der Waals surface area contributed by atoms with Gasteiger partial charge in [-0.15, -0.1) is 10.2 Å². The summed E-state index contributed by atoms with van der Waals surface area (Å²) in [5.41, 5.74) is 0.569. The molecule has 0 saturated heterocycles. The van der Waals surface area contributed by atoms with Crippen LogP contribution in [0.15, 0.2) is 47.1 Å². The molecule has 0 aliphatic heterocycles. The number of methoxy groups -OCH3 is 2. The van der Waals surface area contributed by atoms with Crippen LogP contribution in [0.1, 0.15) is 24.6 Å². The molecule has 10 nitrogen and oxygen atoms in total. The minimum Gasteiger partial charge on any atom is -0.494 e. The van der Waals surface area contributed by atoms with Crippen LogP contribution < -0.4 is 14.2 Å². The lowest BCUT2D eigenvalue weighted by Crippen LogP contribution is -2.17. The van der Waals surface area contributed by atoms with Crippen molar-refractivity contribution in [2.24, 2.45) is 0 Å². The minimum atomic E-state index is -1.05. The maximum atomic E-state index is 13.1. The van der Waals surface area contributed by atoms with Gasteiger partial charge in [-0.25, -0.2) is 14.4 Å². The lowest BCUT2D eigenvalue weighted by molar-refractivity contribution is 0.169. The Kier molecular flexibility index (Phi) is 6.98. The molecule has 3 heterocycles. The van der Waals surface area contributed by atoms with E-state index < -0.39 is 17.2 Å². The van der Waals surface area contributed by atoms with Gasteiger partial charge >= 0.3 is 0 Å². The summed E-state index contributed by atoms with van der Waals surface area (Å²) in [4.78, 5) is 7.71. The number of aliphatic hydroxyl groups is 1. The number of nitrogens with one attached hydrogen (secondary N) is 1. The summed E-state index contributed by atoms with van der Waals surface area (Å²) in [6.45, 7) is 3.61. The van der Waals surface area contributed by atoms with Gasteiger partial charge in [0.1, 0.15) is 29.1 Å². The molecule has 2 unspecified atom stereocenters. The molecule has 0 aliphatic rings. The maximum absolute atomic E-state index is 13.1. The number of ether oxygens (including phenoxy) is 2. The van der Waals surface area contributed by atoms with Crippen molar-refractivity contribution in [1.29, 1.82) is 0 Å². The Bertz CT molecular complexity index is 1240. The van der Waals surface area contributed by atoms with Gasteiger partial charge in [0.05, 0.1) is 31.9 Å². The van der Waals surface area contributed by atoms with Crippen LogP contribution in [0.25, 0.3) is 17.3 Å². The molecule has 12 heteroatoms. The fraction of sp³-hybridized carbons (Fsp3) is 0.273. The third-order valence-electron chi connectivity index (χ3n) is 4.93. The normalized spacial score (nSPS) is 12.9. The number of furan rings is 1. The van der Waals surface area contributed by atoms with E-state index in [2.05, 4.69) is 24.9 Å². The molecule has 4 aromatic rings. The first-order valence-corrected chi connectivity index (χ1v) is 11.1. The number of aromatic nitrogens is 5. The summed E-state index contributed by atoms with van der Waals surface area (Å²) >= 11 is 1.18. The van der Waals surface area contributed by atoms with Crippen molar-refractivity contribution < 1.29 is 23.4 Å². The van der Waals surface area contributed by atoms with Crippen molar-refractivity contribution in [3.63, 3.8) is 0 Å². The van der Waals surface area contributed by atoms with Gasteiger partial charge in [0, 0.05) is 0 Å². The van der Waals surface area contributed by atoms with Gasteiger partial charge in [-0.05, 0) is 50.1 Å². The highest BCUT2D eigenvalue weighted by molar-refractivity contribution is 8.01. The molecule has 0 aliphatic carbocycles. The van der Waals surface area contributed by atoms with E-state index in [1.165, 1.54) is 11.9 Å². The lowest BCUT2D eigenvalue weighted by Gasteiger charge is -2.19. The number of aliphatic hydroxyl groups excluding tert-OH is 1. The van der Waals surface area contributed by atoms with E-state index in [4.69, 9.17) is 13.9 Å². The molecule has 178 valence electrons. The average Bonchev–Trinajstić information content (AvgIpc) is 3.47. The van der Waals surface area contributed by atoms with E-state index in [0.717, 1.165) is 18.2 Å². The summed E-state index contributed by atoms with van der Waals surface area (Å²) in [6, 6.07) is 9.03. The molecule has 2 N–H and O–H groups in total. The quantitative estimate of drug-likeness (QED) is 0.336. The molecular formula is C22H23FN6O4S. The minimum absolute atomic E-state index is 0.114. The van der Waals surface area contributed by atoms with Gasteiger partial charge in [-0.3, -0.25) is 9.29 Å². The van der Waals surface area contributed by atoms with Gasteiger partial charge in [-0.1, -0.05) is 6.07 Å². The van der Waals surface area contributed by atoms with Crippen LogP contribution in [0, 0.1) is 12.7 Å². The lowest BCUT2D eigenvalue weighted by atomic mass is 10.2. The molecule has 2 atom stereocenters. The molecule has 3 aromatic heterocycles. The predicted octanol–water partition coefficient (Wildman–Crippen LogP) is 3.96. The van der Waals surface area contributed by atoms with Gasteiger partial charge in [0.25, 0.3) is 0 Å². The van der Waals surface area contributed by atoms with Crippen molar-refractivity contribution in [3.8, 4) is 28.8 Å². The molecular weight excluding hydrogens is 463 g/mol. The van der Waals surface area contributed by atoms with Crippen molar-refractivity contribution in [2.75, 3.05) is 18.9 Å². The smallest absolute Gasteiger partial charge is 0.239 e. The Balaban J connectivity index is 1.70. The van der Waals surface area contributed by atoms with Crippen LogP contribution in [0.3, 0.4) is 0 Å². The van der Waals surface area contributed by atoms with Crippen LogP contribution in [0.4, 0.5) is 10.3 Å². The first-order chi connectivity index (χ1) is 16.4. The van der Waals surface area contributed by atoms with Gasteiger partial charge < -0.3 is 19.0 Å². The number of rotatable bonds is 9. The molecule has 0 fully saturated rings. The maximum Gasteiger partial charge on any atom is 0.239 e. The van der Waals surface area contributed by atoms with Gasteiger partial charge in [0.15, 0.2) is 17.4 Å². The van der Waals surface area contributed by atoms with Crippen LogP contribution in [-0.2, 0) is 0 Å². The molecule has 0 radical (unpaired) electrons. The van der Waals surface area contributed by atoms with E-state index in [0.29, 0.717) is 34.7 Å². The van der Waals surface area contributed by atoms with Gasteiger partial charge in [-0.2, -0.15) is 0 Å². The highest BCUT2D eigenvalue weighted by atomic mass is 32.2. The van der Waals surface area contributed by atoms with Crippen molar-refractivity contribution >= 4 is 17.9 Å². The number of anilines is 1. The highest BCUT2D eigenvalue weighted by Crippen LogP contribution is 2.38. The molecule has 0 amide bonds. The van der Waals surface area contributed by atoms with E-state index in [9.17, 15) is 9.50 Å². The number of nitrogens with zero attached hydrogens (tertiary/aromatic N) is 5. The Morgan fingerprint density at radius 2 is 1.76 bits per heavy atom. The van der Waals surface area contributed by atoms with Crippen molar-refractivity contribution in [3.05, 3.63) is 60.1 Å². The number of hydrogen-bond donors (Lipinski definition) is 2. The third-order valence-corrected chi connectivity index (χ3v) is 5.86. The number of halogens is 1. The van der Waals surface area contributed by atoms with Crippen LogP contribution in [0.2, 0.25) is 0 Å². The van der Waals surface area contributed by atoms with Crippen molar-refractivity contribution in [1.82, 2.24) is 24.7 Å². The predicted molar refractivity (Wildman–Crippen MR) is 125 cm³/mol. The fourth-order valence-electron chi connectivity index (χ4n) is 3.22. The zero-order chi connectivity index (χ0) is 24.2. The third kappa shape index (κ3) is 4.68. The summed E-state index contributed by atoms with van der Waals surface area (Å²) in [5.74, 6) is 2.59. The van der Waals surface area contributed by atoms with Crippen molar-refractivity contribution in [2.45, 2.75) is 25.2 Å². The number of hydrogen-bond acceptors (Lipinski definition) is 10. The molecule has 0 saturated carbocycles. The molecule has 0 bridgehead atoms. The van der Waals surface area contributed by atoms with E-state index >= 15 is 0 Å². The molecule has 1 aromatic carbocycles. The molecule has 34 heavy (non-hydrogen) atoms. The van der Waals surface area contributed by atoms with Crippen LogP contribution >= 0.6 is 11.9 Å². The summed E-state index contributed by atoms with van der Waals surface area (Å²) in [6.07, 6.45) is 0.972. The summed E-state index contributed by atoms with van der Waals surface area (Å²) in [5, 5.41) is 18.8.